The SMILES string of the molecule is CC\C=C/C=C\C=C/C=C\C=C\C=C/CCCCCC(=O)OCC(COC(=O)CCCCCCC\C=C/C=C\C=C/CC)OC(=O)CCCCCCCCC/C=C\C/C=C\CC. The lowest BCUT2D eigenvalue weighted by Crippen LogP contribution is -2.30. The average molecular weight is 855 g/mol. The first-order chi connectivity index (χ1) is 30.5. The van der Waals surface area contributed by atoms with Gasteiger partial charge in [0.05, 0.1) is 0 Å². The van der Waals surface area contributed by atoms with Gasteiger partial charge in [0.2, 0.25) is 0 Å². The molecule has 0 spiro atoms. The van der Waals surface area contributed by atoms with Crippen LogP contribution in [-0.2, 0) is 28.6 Å². The molecule has 6 heteroatoms. The van der Waals surface area contributed by atoms with Crippen LogP contribution in [0.3, 0.4) is 0 Å². The summed E-state index contributed by atoms with van der Waals surface area (Å²) in [4.78, 5) is 37.9. The molecule has 62 heavy (non-hydrogen) atoms. The van der Waals surface area contributed by atoms with Crippen LogP contribution in [0.5, 0.6) is 0 Å². The second-order valence-corrected chi connectivity index (χ2v) is 15.4. The highest BCUT2D eigenvalue weighted by Gasteiger charge is 2.19. The van der Waals surface area contributed by atoms with Crippen molar-refractivity contribution in [3.05, 3.63) is 134 Å². The summed E-state index contributed by atoms with van der Waals surface area (Å²) >= 11 is 0. The summed E-state index contributed by atoms with van der Waals surface area (Å²) in [5.74, 6) is -0.997. The van der Waals surface area contributed by atoms with Crippen LogP contribution >= 0.6 is 0 Å². The molecular weight excluding hydrogens is 769 g/mol. The van der Waals surface area contributed by atoms with E-state index >= 15 is 0 Å². The Morgan fingerprint density at radius 2 is 0.661 bits per heavy atom. The van der Waals surface area contributed by atoms with Gasteiger partial charge >= 0.3 is 17.9 Å². The van der Waals surface area contributed by atoms with E-state index < -0.39 is 6.10 Å². The molecule has 0 rings (SSSR count). The molecule has 0 amide bonds. The highest BCUT2D eigenvalue weighted by molar-refractivity contribution is 5.71. The molecule has 0 aliphatic heterocycles. The van der Waals surface area contributed by atoms with Crippen molar-refractivity contribution in [1.82, 2.24) is 0 Å². The first-order valence-electron chi connectivity index (χ1n) is 24.3. The quantitative estimate of drug-likeness (QED) is 0.0200. The van der Waals surface area contributed by atoms with Gasteiger partial charge in [-0.3, -0.25) is 14.4 Å². The Bertz CT molecular complexity index is 1400. The Kier molecular flexibility index (Phi) is 45.7. The molecule has 0 radical (unpaired) electrons. The molecule has 0 heterocycles. The summed E-state index contributed by atoms with van der Waals surface area (Å²) in [6.07, 6.45) is 68.6. The zero-order chi connectivity index (χ0) is 45.1. The summed E-state index contributed by atoms with van der Waals surface area (Å²) in [6, 6.07) is 0. The number of ether oxygens (including phenoxy) is 3. The van der Waals surface area contributed by atoms with Crippen molar-refractivity contribution in [3.8, 4) is 0 Å². The van der Waals surface area contributed by atoms with E-state index in [0.29, 0.717) is 19.3 Å². The third kappa shape index (κ3) is 46.6. The Balaban J connectivity index is 4.55. The van der Waals surface area contributed by atoms with Gasteiger partial charge in [0.25, 0.3) is 0 Å². The molecule has 1 unspecified atom stereocenters. The summed E-state index contributed by atoms with van der Waals surface area (Å²) in [5.41, 5.74) is 0. The van der Waals surface area contributed by atoms with Crippen molar-refractivity contribution in [2.75, 3.05) is 13.2 Å². The van der Waals surface area contributed by atoms with E-state index in [4.69, 9.17) is 14.2 Å². The lowest BCUT2D eigenvalue weighted by Gasteiger charge is -2.18. The molecule has 0 aromatic rings. The van der Waals surface area contributed by atoms with Gasteiger partial charge in [-0.15, -0.1) is 0 Å². The van der Waals surface area contributed by atoms with E-state index in [0.717, 1.165) is 116 Å². The van der Waals surface area contributed by atoms with Gasteiger partial charge in [0.1, 0.15) is 13.2 Å². The minimum absolute atomic E-state index is 0.112. The fraction of sp³-hybridized carbons (Fsp3) is 0.554. The highest BCUT2D eigenvalue weighted by Crippen LogP contribution is 2.13. The molecule has 0 aromatic carbocycles. The predicted molar refractivity (Wildman–Crippen MR) is 265 cm³/mol. The lowest BCUT2D eigenvalue weighted by molar-refractivity contribution is -0.167. The van der Waals surface area contributed by atoms with Crippen LogP contribution in [0.15, 0.2) is 134 Å². The van der Waals surface area contributed by atoms with E-state index in [1.54, 1.807) is 0 Å². The smallest absolute Gasteiger partial charge is 0.306 e. The molecule has 1 atom stereocenters. The zero-order valence-electron chi connectivity index (χ0n) is 39.3. The maximum atomic E-state index is 12.8. The average Bonchev–Trinajstić information content (AvgIpc) is 3.27. The van der Waals surface area contributed by atoms with Crippen LogP contribution in [0.4, 0.5) is 0 Å². The first-order valence-corrected chi connectivity index (χ1v) is 24.3. The monoisotopic (exact) mass is 855 g/mol. The molecule has 0 fully saturated rings. The number of esters is 3. The van der Waals surface area contributed by atoms with E-state index in [1.807, 2.05) is 66.8 Å². The number of hydrogen-bond acceptors (Lipinski definition) is 6. The van der Waals surface area contributed by atoms with Gasteiger partial charge < -0.3 is 14.2 Å². The van der Waals surface area contributed by atoms with Crippen LogP contribution in [0.2, 0.25) is 0 Å². The molecule has 346 valence electrons. The van der Waals surface area contributed by atoms with Crippen molar-refractivity contribution in [3.63, 3.8) is 0 Å². The van der Waals surface area contributed by atoms with Crippen molar-refractivity contribution < 1.29 is 28.6 Å². The molecule has 0 aromatic heterocycles. The fourth-order valence-electron chi connectivity index (χ4n) is 6.04. The summed E-state index contributed by atoms with van der Waals surface area (Å²) in [7, 11) is 0. The van der Waals surface area contributed by atoms with Gasteiger partial charge in [0, 0.05) is 19.3 Å². The third-order valence-electron chi connectivity index (χ3n) is 9.60. The van der Waals surface area contributed by atoms with Crippen LogP contribution in [0.1, 0.15) is 181 Å². The van der Waals surface area contributed by atoms with E-state index in [-0.39, 0.29) is 31.1 Å². The third-order valence-corrected chi connectivity index (χ3v) is 9.60. The van der Waals surface area contributed by atoms with Gasteiger partial charge in [-0.25, -0.2) is 0 Å². The van der Waals surface area contributed by atoms with Crippen molar-refractivity contribution >= 4 is 17.9 Å². The largest absolute Gasteiger partial charge is 0.462 e. The fourth-order valence-corrected chi connectivity index (χ4v) is 6.04. The zero-order valence-corrected chi connectivity index (χ0v) is 39.3. The molecule has 0 aliphatic rings. The molecule has 0 saturated heterocycles. The van der Waals surface area contributed by atoms with Gasteiger partial charge in [-0.1, -0.05) is 212 Å². The Labute approximate surface area is 379 Å². The number of hydrogen-bond donors (Lipinski definition) is 0. The van der Waals surface area contributed by atoms with Crippen LogP contribution in [0.25, 0.3) is 0 Å². The Hall–Kier alpha value is -4.45. The Morgan fingerprint density at radius 3 is 1.10 bits per heavy atom. The number of allylic oxidation sites excluding steroid dienone is 22. The molecular formula is C56H86O6. The maximum Gasteiger partial charge on any atom is 0.306 e. The minimum atomic E-state index is -0.813. The van der Waals surface area contributed by atoms with Crippen molar-refractivity contribution in [2.45, 2.75) is 187 Å². The minimum Gasteiger partial charge on any atom is -0.462 e. The topological polar surface area (TPSA) is 78.9 Å². The van der Waals surface area contributed by atoms with Gasteiger partial charge in [-0.05, 0) is 83.5 Å². The number of unbranched alkanes of at least 4 members (excludes halogenated alkanes) is 15. The number of carbonyl (C=O) groups excluding carboxylic acids is 3. The van der Waals surface area contributed by atoms with Crippen LogP contribution in [-0.4, -0.2) is 37.2 Å². The van der Waals surface area contributed by atoms with E-state index in [2.05, 4.69) is 87.6 Å². The van der Waals surface area contributed by atoms with E-state index in [9.17, 15) is 14.4 Å². The number of rotatable bonds is 41. The molecule has 0 N–H and O–H groups in total. The normalized spacial score (nSPS) is 13.3. The molecule has 0 aliphatic carbocycles. The highest BCUT2D eigenvalue weighted by atomic mass is 16.6. The summed E-state index contributed by atoms with van der Waals surface area (Å²) < 4.78 is 16.7. The second-order valence-electron chi connectivity index (χ2n) is 15.4. The van der Waals surface area contributed by atoms with Gasteiger partial charge in [0.15, 0.2) is 6.10 Å². The van der Waals surface area contributed by atoms with Crippen molar-refractivity contribution in [1.29, 1.82) is 0 Å². The first kappa shape index (κ1) is 57.5. The van der Waals surface area contributed by atoms with Crippen LogP contribution in [0, 0.1) is 0 Å². The predicted octanol–water partition coefficient (Wildman–Crippen LogP) is 15.9. The second kappa shape index (κ2) is 49.2. The lowest BCUT2D eigenvalue weighted by atomic mass is 10.1. The Morgan fingerprint density at radius 1 is 0.339 bits per heavy atom. The summed E-state index contributed by atoms with van der Waals surface area (Å²) in [5, 5.41) is 0. The van der Waals surface area contributed by atoms with Crippen LogP contribution < -0.4 is 0 Å². The molecule has 0 bridgehead atoms. The van der Waals surface area contributed by atoms with E-state index in [1.165, 1.54) is 25.7 Å². The van der Waals surface area contributed by atoms with Crippen molar-refractivity contribution in [2.24, 2.45) is 0 Å². The van der Waals surface area contributed by atoms with Gasteiger partial charge in [-0.2, -0.15) is 0 Å². The number of carbonyl (C=O) groups is 3. The maximum absolute atomic E-state index is 12.8. The molecule has 6 nitrogen and oxygen atoms in total. The standard InChI is InChI=1S/C56H86O6/c1-4-7-10-13-16-19-22-25-27-28-29-32-34-37-40-43-46-49-55(58)61-52-53(51-60-54(57)48-45-42-39-36-33-30-24-21-18-15-12-9-6-3)62-56(59)50-47-44-41-38-35-31-26-23-20-17-14-11-8-5-2/h7-13,15-22,24-25,27-29,32,34,53H,4-6,14,23,26,30-31,33,35-52H2,1-3H3/b10-7-,11-8-,12-9-,16-13-,18-15-,20-17-,22-19-,24-21-,27-25-,29-28+,34-32-. The summed E-state index contributed by atoms with van der Waals surface area (Å²) in [6.45, 7) is 6.16. The molecule has 0 saturated carbocycles.